The Morgan fingerprint density at radius 3 is 2.56 bits per heavy atom. The number of isocyanates is 1. The van der Waals surface area contributed by atoms with Crippen LogP contribution in [0.5, 0.6) is 5.75 Å². The molecule has 0 aliphatic heterocycles. The predicted octanol–water partition coefficient (Wildman–Crippen LogP) is 3.36. The van der Waals surface area contributed by atoms with Gasteiger partial charge < -0.3 is 4.74 Å². The fourth-order valence-corrected chi connectivity index (χ4v) is 2.13. The third-order valence-electron chi connectivity index (χ3n) is 3.32. The molecule has 0 atom stereocenters. The fraction of sp³-hybridized carbons (Fsp3) is 0.400. The lowest BCUT2D eigenvalue weighted by Crippen LogP contribution is -2.31. The van der Waals surface area contributed by atoms with Crippen LogP contribution in [0, 0.1) is 0 Å². The summed E-state index contributed by atoms with van der Waals surface area (Å²) in [5.41, 5.74) is 1.73. The van der Waals surface area contributed by atoms with Crippen LogP contribution in [0.4, 0.5) is 0 Å². The minimum absolute atomic E-state index is 0.325. The minimum atomic E-state index is -0.325. The van der Waals surface area contributed by atoms with Crippen LogP contribution in [-0.4, -0.2) is 12.7 Å². The van der Waals surface area contributed by atoms with E-state index in [2.05, 4.69) is 11.6 Å². The molecule has 18 heavy (non-hydrogen) atoms. The van der Waals surface area contributed by atoms with Gasteiger partial charge in [-0.25, -0.2) is 4.79 Å². The smallest absolute Gasteiger partial charge is 0.235 e. The van der Waals surface area contributed by atoms with Gasteiger partial charge in [0.05, 0.1) is 5.54 Å². The van der Waals surface area contributed by atoms with Gasteiger partial charge in [-0.15, -0.1) is 0 Å². The molecule has 0 heterocycles. The molecule has 0 aromatic heterocycles. The van der Waals surface area contributed by atoms with Crippen molar-refractivity contribution in [1.29, 1.82) is 0 Å². The lowest BCUT2D eigenvalue weighted by atomic mass is 9.72. The van der Waals surface area contributed by atoms with Gasteiger partial charge in [0.15, 0.2) is 0 Å². The van der Waals surface area contributed by atoms with Crippen LogP contribution >= 0.6 is 0 Å². The van der Waals surface area contributed by atoms with Crippen LogP contribution in [-0.2, 0) is 10.3 Å². The largest absolute Gasteiger partial charge is 0.489 e. The normalized spacial score (nSPS) is 16.3. The minimum Gasteiger partial charge on any atom is -0.489 e. The zero-order valence-electron chi connectivity index (χ0n) is 10.6. The quantitative estimate of drug-likeness (QED) is 0.452. The molecule has 0 N–H and O–H groups in total. The lowest BCUT2D eigenvalue weighted by molar-refractivity contribution is 0.255. The van der Waals surface area contributed by atoms with Crippen LogP contribution in [0.3, 0.4) is 0 Å². The van der Waals surface area contributed by atoms with Gasteiger partial charge in [0.2, 0.25) is 6.08 Å². The second-order valence-corrected chi connectivity index (χ2v) is 4.86. The van der Waals surface area contributed by atoms with Gasteiger partial charge in [-0.1, -0.05) is 18.7 Å². The average molecular weight is 243 g/mol. The van der Waals surface area contributed by atoms with Crippen molar-refractivity contribution >= 4 is 6.08 Å². The Kier molecular flexibility index (Phi) is 3.63. The Bertz CT molecular complexity index is 480. The van der Waals surface area contributed by atoms with Gasteiger partial charge in [0.1, 0.15) is 12.4 Å². The molecular formula is C15H17NO2. The summed E-state index contributed by atoms with van der Waals surface area (Å²) < 4.78 is 5.54. The molecule has 1 saturated carbocycles. The van der Waals surface area contributed by atoms with E-state index in [9.17, 15) is 4.79 Å². The average Bonchev–Trinajstić information content (AvgIpc) is 2.32. The number of nitrogens with zero attached hydrogens (tertiary/aromatic N) is 1. The van der Waals surface area contributed by atoms with E-state index in [1.165, 1.54) is 0 Å². The standard InChI is InChI=1S/C15H17NO2/c1-12(2)10-18-14-6-4-13(5-7-14)15(16-11-17)8-3-9-15/h4-7H,1,3,8-10H2,2H3. The third kappa shape index (κ3) is 2.52. The molecule has 0 bridgehead atoms. The van der Waals surface area contributed by atoms with Crippen LogP contribution in [0.1, 0.15) is 31.7 Å². The van der Waals surface area contributed by atoms with E-state index in [0.717, 1.165) is 36.1 Å². The Balaban J connectivity index is 2.11. The van der Waals surface area contributed by atoms with Gasteiger partial charge in [-0.3, -0.25) is 0 Å². The van der Waals surface area contributed by atoms with Gasteiger partial charge >= 0.3 is 0 Å². The molecule has 1 fully saturated rings. The number of hydrogen-bond acceptors (Lipinski definition) is 3. The van der Waals surface area contributed by atoms with Crippen molar-refractivity contribution in [2.45, 2.75) is 31.7 Å². The van der Waals surface area contributed by atoms with E-state index in [0.29, 0.717) is 6.61 Å². The van der Waals surface area contributed by atoms with Crippen LogP contribution < -0.4 is 4.74 Å². The monoisotopic (exact) mass is 243 g/mol. The summed E-state index contributed by atoms with van der Waals surface area (Å²) >= 11 is 0. The molecule has 0 unspecified atom stereocenters. The van der Waals surface area contributed by atoms with Gasteiger partial charge in [0, 0.05) is 0 Å². The van der Waals surface area contributed by atoms with E-state index in [1.807, 2.05) is 31.2 Å². The highest BCUT2D eigenvalue weighted by atomic mass is 16.5. The van der Waals surface area contributed by atoms with Gasteiger partial charge in [0.25, 0.3) is 0 Å². The molecule has 0 spiro atoms. The SMILES string of the molecule is C=C(C)COc1ccc(C2(N=C=O)CCC2)cc1. The van der Waals surface area contributed by atoms with Crippen molar-refractivity contribution in [3.8, 4) is 5.75 Å². The summed E-state index contributed by atoms with van der Waals surface area (Å²) in [5.74, 6) is 0.811. The topological polar surface area (TPSA) is 38.7 Å². The molecule has 1 aliphatic carbocycles. The number of aliphatic imine (C=N–C) groups is 1. The number of benzene rings is 1. The molecule has 0 amide bonds. The Hall–Kier alpha value is -1.86. The van der Waals surface area contributed by atoms with Crippen molar-refractivity contribution in [2.75, 3.05) is 6.61 Å². The van der Waals surface area contributed by atoms with Crippen molar-refractivity contribution in [3.05, 3.63) is 42.0 Å². The third-order valence-corrected chi connectivity index (χ3v) is 3.32. The number of carbonyl (C=O) groups excluding carboxylic acids is 1. The lowest BCUT2D eigenvalue weighted by Gasteiger charge is -2.37. The molecule has 1 aromatic carbocycles. The maximum absolute atomic E-state index is 10.5. The first-order valence-electron chi connectivity index (χ1n) is 6.13. The fourth-order valence-electron chi connectivity index (χ4n) is 2.13. The summed E-state index contributed by atoms with van der Waals surface area (Å²) in [5, 5.41) is 0. The number of hydrogen-bond donors (Lipinski definition) is 0. The molecule has 3 heteroatoms. The second kappa shape index (κ2) is 5.19. The summed E-state index contributed by atoms with van der Waals surface area (Å²) in [6.45, 7) is 6.24. The van der Waals surface area contributed by atoms with E-state index in [4.69, 9.17) is 4.74 Å². The molecule has 0 saturated heterocycles. The summed E-state index contributed by atoms with van der Waals surface area (Å²) in [6, 6.07) is 7.79. The Morgan fingerprint density at radius 1 is 1.44 bits per heavy atom. The molecule has 2 rings (SSSR count). The van der Waals surface area contributed by atoms with Crippen molar-refractivity contribution in [3.63, 3.8) is 0 Å². The van der Waals surface area contributed by atoms with Gasteiger partial charge in [-0.2, -0.15) is 4.99 Å². The molecule has 0 radical (unpaired) electrons. The highest BCUT2D eigenvalue weighted by Gasteiger charge is 2.38. The first kappa shape index (κ1) is 12.6. The van der Waals surface area contributed by atoms with E-state index >= 15 is 0 Å². The molecule has 94 valence electrons. The second-order valence-electron chi connectivity index (χ2n) is 4.86. The Labute approximate surface area is 107 Å². The molecular weight excluding hydrogens is 226 g/mol. The first-order valence-corrected chi connectivity index (χ1v) is 6.13. The maximum atomic E-state index is 10.5. The molecule has 1 aliphatic rings. The highest BCUT2D eigenvalue weighted by molar-refractivity contribution is 5.40. The van der Waals surface area contributed by atoms with Crippen molar-refractivity contribution in [1.82, 2.24) is 0 Å². The van der Waals surface area contributed by atoms with E-state index in [1.54, 1.807) is 6.08 Å². The highest BCUT2D eigenvalue weighted by Crippen LogP contribution is 2.44. The van der Waals surface area contributed by atoms with Crippen molar-refractivity contribution < 1.29 is 9.53 Å². The first-order chi connectivity index (χ1) is 8.66. The maximum Gasteiger partial charge on any atom is 0.235 e. The Morgan fingerprint density at radius 2 is 2.11 bits per heavy atom. The summed E-state index contributed by atoms with van der Waals surface area (Å²) in [4.78, 5) is 14.5. The zero-order valence-corrected chi connectivity index (χ0v) is 10.6. The van der Waals surface area contributed by atoms with Gasteiger partial charge in [-0.05, 0) is 49.5 Å². The van der Waals surface area contributed by atoms with E-state index < -0.39 is 0 Å². The van der Waals surface area contributed by atoms with Crippen LogP contribution in [0.2, 0.25) is 0 Å². The van der Waals surface area contributed by atoms with Crippen molar-refractivity contribution in [2.24, 2.45) is 4.99 Å². The molecule has 3 nitrogen and oxygen atoms in total. The summed E-state index contributed by atoms with van der Waals surface area (Å²) in [6.07, 6.45) is 4.66. The number of ether oxygens (including phenoxy) is 1. The number of rotatable bonds is 5. The zero-order chi connectivity index (χ0) is 13.0. The van der Waals surface area contributed by atoms with E-state index in [-0.39, 0.29) is 5.54 Å². The van der Waals surface area contributed by atoms with Crippen LogP contribution in [0.15, 0.2) is 41.4 Å². The molecule has 1 aromatic rings. The summed E-state index contributed by atoms with van der Waals surface area (Å²) in [7, 11) is 0. The predicted molar refractivity (Wildman–Crippen MR) is 70.4 cm³/mol. The van der Waals surface area contributed by atoms with Crippen LogP contribution in [0.25, 0.3) is 0 Å².